The Labute approximate surface area is 114 Å². The first-order chi connectivity index (χ1) is 9.15. The zero-order valence-electron chi connectivity index (χ0n) is 10.2. The molecule has 0 aliphatic heterocycles. The van der Waals surface area contributed by atoms with Crippen LogP contribution in [0.1, 0.15) is 0 Å². The monoisotopic (exact) mass is 274 g/mol. The van der Waals surface area contributed by atoms with E-state index in [1.54, 1.807) is 36.4 Å². The quantitative estimate of drug-likeness (QED) is 0.838. The highest BCUT2D eigenvalue weighted by Crippen LogP contribution is 2.11. The Bertz CT molecular complexity index is 582. The van der Waals surface area contributed by atoms with Crippen molar-refractivity contribution >= 4 is 28.1 Å². The molecule has 5 heteroatoms. The number of nitrogens with one attached hydrogen (secondary N) is 1. The lowest BCUT2D eigenvalue weighted by Gasteiger charge is -2.05. The van der Waals surface area contributed by atoms with E-state index in [1.165, 1.54) is 0 Å². The second kappa shape index (κ2) is 6.15. The van der Waals surface area contributed by atoms with Crippen molar-refractivity contribution in [3.8, 4) is 0 Å². The van der Waals surface area contributed by atoms with Gasteiger partial charge in [-0.3, -0.25) is 9.00 Å². The molecule has 0 aromatic heterocycles. The predicted octanol–water partition coefficient (Wildman–Crippen LogP) is 2.02. The fourth-order valence-corrected chi connectivity index (χ4v) is 2.46. The molecule has 0 spiro atoms. The second-order valence-electron chi connectivity index (χ2n) is 3.97. The first-order valence-corrected chi connectivity index (χ1v) is 7.06. The molecule has 0 saturated heterocycles. The molecule has 19 heavy (non-hydrogen) atoms. The van der Waals surface area contributed by atoms with Crippen LogP contribution in [0.2, 0.25) is 0 Å². The zero-order chi connectivity index (χ0) is 13.7. The fraction of sp³-hybridized carbons (Fsp3) is 0.0714. The molecular formula is C14H14N2O2S. The molecule has 1 unspecified atom stereocenters. The summed E-state index contributed by atoms with van der Waals surface area (Å²) in [6.45, 7) is 0. The maximum absolute atomic E-state index is 12.0. The number of nitrogens with two attached hydrogens (primary N) is 1. The van der Waals surface area contributed by atoms with Gasteiger partial charge in [0.15, 0.2) is 0 Å². The molecular weight excluding hydrogens is 260 g/mol. The zero-order valence-corrected chi connectivity index (χ0v) is 11.0. The highest BCUT2D eigenvalue weighted by Gasteiger charge is 2.10. The van der Waals surface area contributed by atoms with E-state index in [2.05, 4.69) is 5.32 Å². The summed E-state index contributed by atoms with van der Waals surface area (Å²) < 4.78 is 12.0. The number of hydrogen-bond acceptors (Lipinski definition) is 3. The van der Waals surface area contributed by atoms with Gasteiger partial charge < -0.3 is 11.1 Å². The van der Waals surface area contributed by atoms with E-state index in [0.717, 1.165) is 0 Å². The topological polar surface area (TPSA) is 72.2 Å². The van der Waals surface area contributed by atoms with Crippen LogP contribution in [0, 0.1) is 0 Å². The van der Waals surface area contributed by atoms with Crippen molar-refractivity contribution in [1.29, 1.82) is 0 Å². The van der Waals surface area contributed by atoms with Gasteiger partial charge in [-0.2, -0.15) is 0 Å². The molecule has 2 rings (SSSR count). The van der Waals surface area contributed by atoms with E-state index in [0.29, 0.717) is 16.3 Å². The molecule has 0 radical (unpaired) electrons. The van der Waals surface area contributed by atoms with Gasteiger partial charge in [0.1, 0.15) is 5.75 Å². The molecule has 1 amide bonds. The summed E-state index contributed by atoms with van der Waals surface area (Å²) in [7, 11) is -1.36. The fourth-order valence-electron chi connectivity index (χ4n) is 1.54. The SMILES string of the molecule is Nc1ccc(S(=O)CC(=O)Nc2ccccc2)cc1. The lowest BCUT2D eigenvalue weighted by molar-refractivity contribution is -0.113. The lowest BCUT2D eigenvalue weighted by atomic mass is 10.3. The van der Waals surface area contributed by atoms with Gasteiger partial charge in [0.05, 0.1) is 10.8 Å². The van der Waals surface area contributed by atoms with Crippen molar-refractivity contribution in [2.75, 3.05) is 16.8 Å². The molecule has 4 nitrogen and oxygen atoms in total. The second-order valence-corrected chi connectivity index (χ2v) is 5.42. The third kappa shape index (κ3) is 3.93. The number of anilines is 2. The summed E-state index contributed by atoms with van der Waals surface area (Å²) in [6, 6.07) is 15.8. The summed E-state index contributed by atoms with van der Waals surface area (Å²) in [5.41, 5.74) is 6.85. The Hall–Kier alpha value is -2.14. The highest BCUT2D eigenvalue weighted by molar-refractivity contribution is 7.85. The number of hydrogen-bond donors (Lipinski definition) is 2. The van der Waals surface area contributed by atoms with E-state index in [-0.39, 0.29) is 11.7 Å². The molecule has 3 N–H and O–H groups in total. The number of nitrogen functional groups attached to an aromatic ring is 1. The minimum absolute atomic E-state index is 0.0706. The lowest BCUT2D eigenvalue weighted by Crippen LogP contribution is -2.19. The largest absolute Gasteiger partial charge is 0.399 e. The summed E-state index contributed by atoms with van der Waals surface area (Å²) in [5.74, 6) is -0.347. The van der Waals surface area contributed by atoms with E-state index in [9.17, 15) is 9.00 Å². The van der Waals surface area contributed by atoms with Crippen LogP contribution in [0.15, 0.2) is 59.5 Å². The minimum Gasteiger partial charge on any atom is -0.399 e. The van der Waals surface area contributed by atoms with Gasteiger partial charge in [-0.15, -0.1) is 0 Å². The predicted molar refractivity (Wildman–Crippen MR) is 77.2 cm³/mol. The molecule has 0 fully saturated rings. The van der Waals surface area contributed by atoms with Gasteiger partial charge in [0.25, 0.3) is 0 Å². The van der Waals surface area contributed by atoms with Gasteiger partial charge in [-0.25, -0.2) is 0 Å². The van der Waals surface area contributed by atoms with E-state index >= 15 is 0 Å². The molecule has 0 aliphatic carbocycles. The normalized spacial score (nSPS) is 11.8. The molecule has 0 bridgehead atoms. The Morgan fingerprint density at radius 2 is 1.68 bits per heavy atom. The number of benzene rings is 2. The number of carbonyl (C=O) groups is 1. The van der Waals surface area contributed by atoms with Gasteiger partial charge in [-0.1, -0.05) is 18.2 Å². The third-order valence-electron chi connectivity index (χ3n) is 2.46. The minimum atomic E-state index is -1.36. The summed E-state index contributed by atoms with van der Waals surface area (Å²) in [5, 5.41) is 2.70. The third-order valence-corrected chi connectivity index (χ3v) is 3.79. The van der Waals surface area contributed by atoms with Gasteiger partial charge in [-0.05, 0) is 36.4 Å². The van der Waals surface area contributed by atoms with Crippen molar-refractivity contribution in [2.24, 2.45) is 0 Å². The Kier molecular flexibility index (Phi) is 4.30. The summed E-state index contributed by atoms with van der Waals surface area (Å²) in [6.07, 6.45) is 0. The number of carbonyl (C=O) groups excluding carboxylic acids is 1. The molecule has 2 aromatic rings. The average Bonchev–Trinajstić information content (AvgIpc) is 2.40. The first-order valence-electron chi connectivity index (χ1n) is 5.74. The number of rotatable bonds is 4. The van der Waals surface area contributed by atoms with E-state index < -0.39 is 10.8 Å². The van der Waals surface area contributed by atoms with Crippen LogP contribution in [0.3, 0.4) is 0 Å². The van der Waals surface area contributed by atoms with Crippen LogP contribution >= 0.6 is 0 Å². The maximum atomic E-state index is 12.0. The molecule has 1 atom stereocenters. The summed E-state index contributed by atoms with van der Waals surface area (Å²) >= 11 is 0. The Balaban J connectivity index is 1.95. The molecule has 2 aromatic carbocycles. The number of para-hydroxylation sites is 1. The van der Waals surface area contributed by atoms with Crippen LogP contribution in [0.25, 0.3) is 0 Å². The van der Waals surface area contributed by atoms with Crippen molar-refractivity contribution in [3.63, 3.8) is 0 Å². The van der Waals surface area contributed by atoms with Crippen molar-refractivity contribution in [3.05, 3.63) is 54.6 Å². The van der Waals surface area contributed by atoms with Gasteiger partial charge in [0.2, 0.25) is 5.91 Å². The molecule has 0 heterocycles. The van der Waals surface area contributed by atoms with E-state index in [1.807, 2.05) is 18.2 Å². The van der Waals surface area contributed by atoms with Crippen molar-refractivity contribution < 1.29 is 9.00 Å². The van der Waals surface area contributed by atoms with Crippen molar-refractivity contribution in [1.82, 2.24) is 0 Å². The van der Waals surface area contributed by atoms with Crippen LogP contribution < -0.4 is 11.1 Å². The van der Waals surface area contributed by atoms with Crippen molar-refractivity contribution in [2.45, 2.75) is 4.90 Å². The highest BCUT2D eigenvalue weighted by atomic mass is 32.2. The molecule has 0 saturated carbocycles. The Morgan fingerprint density at radius 3 is 2.32 bits per heavy atom. The first kappa shape index (κ1) is 13.3. The van der Waals surface area contributed by atoms with Gasteiger partial charge in [0, 0.05) is 16.3 Å². The smallest absolute Gasteiger partial charge is 0.237 e. The summed E-state index contributed by atoms with van der Waals surface area (Å²) in [4.78, 5) is 12.3. The van der Waals surface area contributed by atoms with E-state index in [4.69, 9.17) is 5.73 Å². The van der Waals surface area contributed by atoms with Crippen LogP contribution in [-0.2, 0) is 15.6 Å². The average molecular weight is 274 g/mol. The molecule has 0 aliphatic rings. The standard InChI is InChI=1S/C14H14N2O2S/c15-11-6-8-13(9-7-11)19(18)10-14(17)16-12-4-2-1-3-5-12/h1-9H,10,15H2,(H,16,17). The molecule has 98 valence electrons. The maximum Gasteiger partial charge on any atom is 0.237 e. The van der Waals surface area contributed by atoms with Gasteiger partial charge >= 0.3 is 0 Å². The van der Waals surface area contributed by atoms with Crippen LogP contribution in [-0.4, -0.2) is 15.9 Å². The van der Waals surface area contributed by atoms with Crippen LogP contribution in [0.4, 0.5) is 11.4 Å². The number of amides is 1. The van der Waals surface area contributed by atoms with Crippen LogP contribution in [0.5, 0.6) is 0 Å². The Morgan fingerprint density at radius 1 is 1.05 bits per heavy atom.